The minimum Gasteiger partial charge on any atom is -0.382 e. The van der Waals surface area contributed by atoms with Crippen LogP contribution in [0.2, 0.25) is 0 Å². The molecule has 0 saturated carbocycles. The summed E-state index contributed by atoms with van der Waals surface area (Å²) in [5, 5.41) is 10.3. The maximum absolute atomic E-state index is 6.30. The Bertz CT molecular complexity index is 1670. The maximum atomic E-state index is 6.30. The van der Waals surface area contributed by atoms with E-state index in [4.69, 9.17) is 11.5 Å². The molecule has 2 aliphatic heterocycles. The number of nitrogens with zero attached hydrogens (tertiary/aromatic N) is 9. The topological polar surface area (TPSA) is 137 Å². The molecule has 0 amide bonds. The number of nitrogens with two attached hydrogens (primary N) is 2. The lowest BCUT2D eigenvalue weighted by Gasteiger charge is -2.33. The van der Waals surface area contributed by atoms with Gasteiger partial charge in [0.1, 0.15) is 28.7 Å². The first kappa shape index (κ1) is 37.0. The Morgan fingerprint density at radius 2 is 1.40 bits per heavy atom. The van der Waals surface area contributed by atoms with Crippen molar-refractivity contribution in [3.05, 3.63) is 108 Å². The number of aliphatic imine (C=N–C) groups is 2. The van der Waals surface area contributed by atoms with Gasteiger partial charge in [0.05, 0.1) is 18.1 Å². The lowest BCUT2D eigenvalue weighted by atomic mass is 9.92. The Labute approximate surface area is 309 Å². The number of allylic oxidation sites excluding steroid dienone is 3. The van der Waals surface area contributed by atoms with Gasteiger partial charge in [-0.05, 0) is 119 Å². The van der Waals surface area contributed by atoms with Crippen LogP contribution in [0.1, 0.15) is 61.9 Å². The number of likely N-dealkylation sites (tertiary alicyclic amines) is 2. The van der Waals surface area contributed by atoms with Crippen molar-refractivity contribution in [1.29, 1.82) is 0 Å². The summed E-state index contributed by atoms with van der Waals surface area (Å²) in [7, 11) is 1.82. The SMILES string of the molecule is CN(N=Nc1ccc(C(N)=NCCC2CCN(Cc3ccccc3)CC2)nc1)c1ccc(C(N)=NCCC2CCN(CC3C=CC=CC3)CC2)nc1. The number of piperidine rings is 2. The summed E-state index contributed by atoms with van der Waals surface area (Å²) in [6.07, 6.45) is 20.5. The van der Waals surface area contributed by atoms with Crippen LogP contribution in [0.3, 0.4) is 0 Å². The van der Waals surface area contributed by atoms with Gasteiger partial charge in [0.15, 0.2) is 0 Å². The molecular weight excluding hydrogens is 647 g/mol. The Hall–Kier alpha value is -4.74. The molecule has 0 radical (unpaired) electrons. The van der Waals surface area contributed by atoms with Crippen molar-refractivity contribution in [3.63, 3.8) is 0 Å². The van der Waals surface area contributed by atoms with Gasteiger partial charge in [0, 0.05) is 33.2 Å². The molecule has 6 rings (SSSR count). The number of pyridine rings is 2. The standard InChI is InChI=1S/C41H55N11/c1-50(37-13-15-39(47-29-37)41(43)45-23-17-33-20-26-52(27-21-33)31-35-10-6-3-7-11-35)49-48-36-12-14-38(46-28-36)40(42)44-22-16-32-18-24-51(25-19-32)30-34-8-4-2-5-9-34/h2-10,12-15,28-29,32-33,35H,11,16-27,30-31H2,1H3,(H2,42,44)(H2,43,45). The summed E-state index contributed by atoms with van der Waals surface area (Å²) in [6.45, 7) is 8.25. The van der Waals surface area contributed by atoms with Crippen molar-refractivity contribution in [3.8, 4) is 0 Å². The minimum absolute atomic E-state index is 0.456. The Morgan fingerprint density at radius 3 is 1.98 bits per heavy atom. The van der Waals surface area contributed by atoms with Crippen molar-refractivity contribution in [2.75, 3.05) is 57.9 Å². The van der Waals surface area contributed by atoms with Crippen LogP contribution < -0.4 is 16.5 Å². The van der Waals surface area contributed by atoms with Gasteiger partial charge in [-0.15, -0.1) is 5.11 Å². The average molecular weight is 702 g/mol. The molecule has 11 nitrogen and oxygen atoms in total. The molecule has 2 fully saturated rings. The van der Waals surface area contributed by atoms with Gasteiger partial charge in [0.25, 0.3) is 0 Å². The molecule has 11 heteroatoms. The second-order valence-electron chi connectivity index (χ2n) is 14.4. The third-order valence-electron chi connectivity index (χ3n) is 10.6. The maximum Gasteiger partial charge on any atom is 0.144 e. The van der Waals surface area contributed by atoms with Crippen molar-refractivity contribution in [2.45, 2.75) is 51.5 Å². The molecule has 3 aliphatic rings. The normalized spacial score (nSPS) is 19.8. The lowest BCUT2D eigenvalue weighted by Crippen LogP contribution is -2.37. The number of benzene rings is 1. The number of hydrogen-bond acceptors (Lipinski definition) is 8. The van der Waals surface area contributed by atoms with E-state index in [0.29, 0.717) is 53.0 Å². The van der Waals surface area contributed by atoms with Crippen LogP contribution in [0, 0.1) is 17.8 Å². The third-order valence-corrected chi connectivity index (χ3v) is 10.6. The predicted octanol–water partition coefficient (Wildman–Crippen LogP) is 6.56. The summed E-state index contributed by atoms with van der Waals surface area (Å²) in [4.78, 5) is 23.4. The summed E-state index contributed by atoms with van der Waals surface area (Å²) in [5.41, 5.74) is 16.7. The summed E-state index contributed by atoms with van der Waals surface area (Å²) in [5.74, 6) is 2.98. The lowest BCUT2D eigenvalue weighted by molar-refractivity contribution is 0.166. The molecule has 1 atom stereocenters. The van der Waals surface area contributed by atoms with Gasteiger partial charge in [0.2, 0.25) is 0 Å². The molecular formula is C41H55N11. The van der Waals surface area contributed by atoms with E-state index in [9.17, 15) is 0 Å². The smallest absolute Gasteiger partial charge is 0.144 e. The van der Waals surface area contributed by atoms with Crippen LogP contribution in [0.25, 0.3) is 0 Å². The monoisotopic (exact) mass is 701 g/mol. The highest BCUT2D eigenvalue weighted by atomic mass is 15.5. The van der Waals surface area contributed by atoms with Gasteiger partial charge in [-0.3, -0.25) is 24.9 Å². The van der Waals surface area contributed by atoms with Crippen LogP contribution in [-0.2, 0) is 6.54 Å². The molecule has 274 valence electrons. The van der Waals surface area contributed by atoms with Gasteiger partial charge in [-0.2, -0.15) is 0 Å². The molecule has 1 aromatic carbocycles. The molecule has 1 unspecified atom stereocenters. The number of anilines is 1. The highest BCUT2D eigenvalue weighted by molar-refractivity contribution is 5.96. The van der Waals surface area contributed by atoms with Gasteiger partial charge < -0.3 is 16.4 Å². The number of hydrogen-bond donors (Lipinski definition) is 2. The quantitative estimate of drug-likeness (QED) is 0.0793. The number of rotatable bonds is 15. The Balaban J connectivity index is 0.881. The fraction of sp³-hybridized carbons (Fsp3) is 0.463. The highest BCUT2D eigenvalue weighted by Crippen LogP contribution is 2.24. The van der Waals surface area contributed by atoms with Crippen molar-refractivity contribution < 1.29 is 0 Å². The van der Waals surface area contributed by atoms with Gasteiger partial charge >= 0.3 is 0 Å². The van der Waals surface area contributed by atoms with Gasteiger partial charge in [-0.25, -0.2) is 5.01 Å². The summed E-state index contributed by atoms with van der Waals surface area (Å²) in [6, 6.07) is 18.2. The molecule has 2 aromatic heterocycles. The van der Waals surface area contributed by atoms with E-state index < -0.39 is 0 Å². The van der Waals surface area contributed by atoms with E-state index >= 15 is 0 Å². The highest BCUT2D eigenvalue weighted by Gasteiger charge is 2.21. The van der Waals surface area contributed by atoms with E-state index in [0.717, 1.165) is 51.1 Å². The van der Waals surface area contributed by atoms with Crippen molar-refractivity contribution >= 4 is 23.0 Å². The Morgan fingerprint density at radius 1 is 0.769 bits per heavy atom. The van der Waals surface area contributed by atoms with Crippen LogP contribution in [0.4, 0.5) is 11.4 Å². The first-order valence-electron chi connectivity index (χ1n) is 19.0. The van der Waals surface area contributed by atoms with E-state index in [1.165, 1.54) is 50.9 Å². The van der Waals surface area contributed by atoms with Gasteiger partial charge in [-0.1, -0.05) is 59.9 Å². The fourth-order valence-electron chi connectivity index (χ4n) is 7.22. The molecule has 4 N–H and O–H groups in total. The van der Waals surface area contributed by atoms with E-state index in [1.54, 1.807) is 17.4 Å². The van der Waals surface area contributed by atoms with E-state index in [1.807, 2.05) is 31.3 Å². The third kappa shape index (κ3) is 11.4. The van der Waals surface area contributed by atoms with E-state index in [2.05, 4.69) is 94.7 Å². The molecule has 4 heterocycles. The van der Waals surface area contributed by atoms with Crippen LogP contribution in [-0.4, -0.2) is 84.3 Å². The summed E-state index contributed by atoms with van der Waals surface area (Å²) >= 11 is 0. The zero-order chi connectivity index (χ0) is 36.0. The molecule has 52 heavy (non-hydrogen) atoms. The predicted molar refractivity (Wildman–Crippen MR) is 212 cm³/mol. The fourth-order valence-corrected chi connectivity index (χ4v) is 7.22. The zero-order valence-electron chi connectivity index (χ0n) is 30.7. The largest absolute Gasteiger partial charge is 0.382 e. The first-order chi connectivity index (χ1) is 25.5. The molecule has 3 aromatic rings. The van der Waals surface area contributed by atoms with Crippen LogP contribution in [0.15, 0.2) is 112 Å². The van der Waals surface area contributed by atoms with Crippen molar-refractivity contribution in [1.82, 2.24) is 19.8 Å². The second kappa shape index (κ2) is 19.2. The average Bonchev–Trinajstić information content (AvgIpc) is 3.19. The summed E-state index contributed by atoms with van der Waals surface area (Å²) < 4.78 is 0. The van der Waals surface area contributed by atoms with Crippen LogP contribution in [0.5, 0.6) is 0 Å². The minimum atomic E-state index is 0.456. The molecule has 2 saturated heterocycles. The van der Waals surface area contributed by atoms with Crippen molar-refractivity contribution in [2.24, 2.45) is 49.5 Å². The zero-order valence-corrected chi connectivity index (χ0v) is 30.7. The Kier molecular flexibility index (Phi) is 13.7. The van der Waals surface area contributed by atoms with Crippen LogP contribution >= 0.6 is 0 Å². The van der Waals surface area contributed by atoms with E-state index in [-0.39, 0.29) is 0 Å². The first-order valence-corrected chi connectivity index (χ1v) is 19.0. The molecule has 1 aliphatic carbocycles. The molecule has 0 spiro atoms. The number of aromatic nitrogens is 2. The molecule has 0 bridgehead atoms. The number of amidine groups is 2. The second-order valence-corrected chi connectivity index (χ2v) is 14.4.